The van der Waals surface area contributed by atoms with Crippen molar-refractivity contribution in [2.75, 3.05) is 45.9 Å². The third kappa shape index (κ3) is 7.81. The molecule has 4 rings (SSSR count). The minimum absolute atomic E-state index is 0.0468. The van der Waals surface area contributed by atoms with E-state index < -0.39 is 9.84 Å². The zero-order chi connectivity index (χ0) is 27.8. The second-order valence-electron chi connectivity index (χ2n) is 11.0. The average Bonchev–Trinajstić information content (AvgIpc) is 2.99. The van der Waals surface area contributed by atoms with Crippen molar-refractivity contribution >= 4 is 15.7 Å². The Morgan fingerprint density at radius 3 is 2.36 bits per heavy atom. The molecule has 1 heterocycles. The Hall–Kier alpha value is -2.46. The van der Waals surface area contributed by atoms with Gasteiger partial charge in [-0.05, 0) is 55.7 Å². The van der Waals surface area contributed by atoms with Crippen LogP contribution in [0.1, 0.15) is 57.6 Å². The summed E-state index contributed by atoms with van der Waals surface area (Å²) in [6.07, 6.45) is 6.80. The van der Waals surface area contributed by atoms with Crippen LogP contribution >= 0.6 is 0 Å². The molecule has 1 saturated carbocycles. The van der Waals surface area contributed by atoms with Gasteiger partial charge in [0.25, 0.3) is 0 Å². The van der Waals surface area contributed by atoms with Crippen LogP contribution in [-0.4, -0.2) is 76.0 Å². The van der Waals surface area contributed by atoms with Gasteiger partial charge in [-0.15, -0.1) is 0 Å². The number of nitrogens with zero attached hydrogens (tertiary/aromatic N) is 2. The molecule has 2 atom stereocenters. The summed E-state index contributed by atoms with van der Waals surface area (Å²) in [4.78, 5) is 17.0. The summed E-state index contributed by atoms with van der Waals surface area (Å²) in [5.74, 6) is 0.309. The van der Waals surface area contributed by atoms with Crippen molar-refractivity contribution in [3.8, 4) is 5.75 Å². The van der Waals surface area contributed by atoms with Crippen LogP contribution < -0.4 is 15.8 Å². The molecule has 1 aliphatic heterocycles. The van der Waals surface area contributed by atoms with Crippen LogP contribution in [0.25, 0.3) is 0 Å². The van der Waals surface area contributed by atoms with E-state index in [0.717, 1.165) is 37.8 Å². The maximum atomic E-state index is 13.4. The molecule has 1 amide bonds. The number of sulfone groups is 1. The predicted molar refractivity (Wildman–Crippen MR) is 153 cm³/mol. The lowest BCUT2D eigenvalue weighted by Gasteiger charge is -2.42. The summed E-state index contributed by atoms with van der Waals surface area (Å²) in [7, 11) is -3.68. The van der Waals surface area contributed by atoms with Crippen LogP contribution in [0.2, 0.25) is 0 Å². The molecule has 1 saturated heterocycles. The van der Waals surface area contributed by atoms with Crippen molar-refractivity contribution in [1.82, 2.24) is 15.1 Å². The first-order chi connectivity index (χ1) is 18.8. The van der Waals surface area contributed by atoms with E-state index in [1.54, 1.807) is 36.4 Å². The Morgan fingerprint density at radius 1 is 1.00 bits per heavy atom. The number of ether oxygens (including phenoxy) is 1. The van der Waals surface area contributed by atoms with Gasteiger partial charge in [0.15, 0.2) is 0 Å². The molecule has 2 aromatic carbocycles. The number of hydrogen-bond acceptors (Lipinski definition) is 7. The highest BCUT2D eigenvalue weighted by Gasteiger charge is 2.27. The fraction of sp³-hybridized carbons (Fsp3) is 0.567. The van der Waals surface area contributed by atoms with Crippen LogP contribution in [0.15, 0.2) is 58.3 Å². The van der Waals surface area contributed by atoms with E-state index >= 15 is 0 Å². The van der Waals surface area contributed by atoms with E-state index in [-0.39, 0.29) is 34.2 Å². The summed E-state index contributed by atoms with van der Waals surface area (Å²) >= 11 is 0. The Kier molecular flexibility index (Phi) is 10.4. The van der Waals surface area contributed by atoms with Crippen molar-refractivity contribution in [3.63, 3.8) is 0 Å². The van der Waals surface area contributed by atoms with E-state index in [1.165, 1.54) is 32.1 Å². The molecule has 0 radical (unpaired) electrons. The molecule has 2 aromatic rings. The molecule has 0 spiro atoms. The zero-order valence-electron chi connectivity index (χ0n) is 23.3. The van der Waals surface area contributed by atoms with E-state index in [0.29, 0.717) is 18.9 Å². The van der Waals surface area contributed by atoms with Crippen LogP contribution in [-0.2, 0) is 14.6 Å². The van der Waals surface area contributed by atoms with E-state index in [1.807, 2.05) is 19.1 Å². The number of nitrogens with one attached hydrogen (secondary N) is 1. The zero-order valence-corrected chi connectivity index (χ0v) is 24.2. The Balaban J connectivity index is 1.33. The number of benzene rings is 2. The van der Waals surface area contributed by atoms with Crippen LogP contribution in [0.3, 0.4) is 0 Å². The van der Waals surface area contributed by atoms with Gasteiger partial charge in [-0.25, -0.2) is 8.42 Å². The minimum Gasteiger partial charge on any atom is -0.493 e. The van der Waals surface area contributed by atoms with Crippen LogP contribution in [0, 0.1) is 5.92 Å². The fourth-order valence-corrected chi connectivity index (χ4v) is 6.89. The van der Waals surface area contributed by atoms with Gasteiger partial charge in [0.1, 0.15) is 5.75 Å². The summed E-state index contributed by atoms with van der Waals surface area (Å²) in [6, 6.07) is 14.9. The molecule has 2 fully saturated rings. The third-order valence-corrected chi connectivity index (χ3v) is 9.91. The van der Waals surface area contributed by atoms with Gasteiger partial charge < -0.3 is 15.8 Å². The Labute approximate surface area is 233 Å². The average molecular weight is 557 g/mol. The molecule has 0 unspecified atom stereocenters. The number of carbonyl (C=O) groups is 1. The number of amides is 1. The summed E-state index contributed by atoms with van der Waals surface area (Å²) in [5.41, 5.74) is 6.44. The topological polar surface area (TPSA) is 105 Å². The van der Waals surface area contributed by atoms with Gasteiger partial charge in [-0.2, -0.15) is 0 Å². The highest BCUT2D eigenvalue weighted by molar-refractivity contribution is 7.91. The van der Waals surface area contributed by atoms with E-state index in [9.17, 15) is 13.2 Å². The number of nitrogens with two attached hydrogens (primary N) is 1. The van der Waals surface area contributed by atoms with Crippen LogP contribution in [0.5, 0.6) is 5.75 Å². The number of carbonyl (C=O) groups excluding carboxylic acids is 1. The summed E-state index contributed by atoms with van der Waals surface area (Å²) in [6.45, 7) is 9.20. The molecule has 1 aliphatic carbocycles. The Morgan fingerprint density at radius 2 is 1.69 bits per heavy atom. The van der Waals surface area contributed by atoms with E-state index in [2.05, 4.69) is 22.0 Å². The van der Waals surface area contributed by atoms with Crippen molar-refractivity contribution in [2.45, 2.75) is 67.8 Å². The minimum atomic E-state index is -3.68. The summed E-state index contributed by atoms with van der Waals surface area (Å²) < 4.78 is 32.6. The second kappa shape index (κ2) is 13.7. The van der Waals surface area contributed by atoms with Gasteiger partial charge in [0.2, 0.25) is 15.7 Å². The van der Waals surface area contributed by atoms with Crippen LogP contribution in [0.4, 0.5) is 0 Å². The smallest absolute Gasteiger partial charge is 0.233 e. The monoisotopic (exact) mass is 556 g/mol. The van der Waals surface area contributed by atoms with Gasteiger partial charge in [0, 0.05) is 50.7 Å². The highest BCUT2D eigenvalue weighted by atomic mass is 32.2. The van der Waals surface area contributed by atoms with Gasteiger partial charge in [0.05, 0.1) is 22.9 Å². The highest BCUT2D eigenvalue weighted by Crippen LogP contribution is 2.29. The lowest BCUT2D eigenvalue weighted by atomic mass is 9.93. The first-order valence-corrected chi connectivity index (χ1v) is 15.8. The second-order valence-corrected chi connectivity index (χ2v) is 13.0. The molecule has 39 heavy (non-hydrogen) atoms. The van der Waals surface area contributed by atoms with Gasteiger partial charge >= 0.3 is 0 Å². The molecular formula is C30H44N4O4S. The molecule has 9 heteroatoms. The first-order valence-electron chi connectivity index (χ1n) is 14.3. The molecular weight excluding hydrogens is 512 g/mol. The predicted octanol–water partition coefficient (Wildman–Crippen LogP) is 3.62. The SMILES string of the molecule is C[C@@H](CNC(=O)CN)COc1cccc(S(=O)(=O)c2ccc([C@H](C)N3CCN(C4CCCCC4)CC3)cc2)c1. The quantitative estimate of drug-likeness (QED) is 0.436. The number of rotatable bonds is 11. The van der Waals surface area contributed by atoms with E-state index in [4.69, 9.17) is 10.5 Å². The lowest BCUT2D eigenvalue weighted by molar-refractivity contribution is -0.119. The van der Waals surface area contributed by atoms with Crippen molar-refractivity contribution in [1.29, 1.82) is 0 Å². The lowest BCUT2D eigenvalue weighted by Crippen LogP contribution is -2.51. The van der Waals surface area contributed by atoms with Gasteiger partial charge in [-0.3, -0.25) is 14.6 Å². The Bertz CT molecular complexity index is 1170. The van der Waals surface area contributed by atoms with Crippen molar-refractivity contribution in [3.05, 3.63) is 54.1 Å². The molecule has 8 nitrogen and oxygen atoms in total. The number of piperazine rings is 1. The summed E-state index contributed by atoms with van der Waals surface area (Å²) in [5, 5.41) is 2.73. The fourth-order valence-electron chi connectivity index (χ4n) is 5.60. The first kappa shape index (κ1) is 29.5. The third-order valence-electron chi connectivity index (χ3n) is 8.14. The van der Waals surface area contributed by atoms with Crippen molar-refractivity contribution < 1.29 is 17.9 Å². The maximum Gasteiger partial charge on any atom is 0.233 e. The maximum absolute atomic E-state index is 13.4. The van der Waals surface area contributed by atoms with Crippen molar-refractivity contribution in [2.24, 2.45) is 11.7 Å². The molecule has 3 N–H and O–H groups in total. The molecule has 0 bridgehead atoms. The number of hydrogen-bond donors (Lipinski definition) is 2. The molecule has 0 aromatic heterocycles. The molecule has 214 valence electrons. The molecule has 2 aliphatic rings. The normalized spacial score (nSPS) is 19.4. The van der Waals surface area contributed by atoms with Gasteiger partial charge in [-0.1, -0.05) is 44.4 Å². The largest absolute Gasteiger partial charge is 0.493 e. The standard InChI is InChI=1S/C30H44N4O4S/c1-23(21-32-30(35)20-31)22-38-27-9-6-10-29(19-27)39(36,37)28-13-11-25(12-14-28)24(2)33-15-17-34(18-16-33)26-7-4-3-5-8-26/h6,9-14,19,23-24,26H,3-5,7-8,15-18,20-22,31H2,1-2H3,(H,32,35)/t23-,24-/m0/s1.